The monoisotopic (exact) mass is 265 g/mol. The summed E-state index contributed by atoms with van der Waals surface area (Å²) >= 11 is 0. The van der Waals surface area contributed by atoms with E-state index in [1.54, 1.807) is 0 Å². The molecule has 0 saturated carbocycles. The predicted molar refractivity (Wildman–Crippen MR) is 50.3 cm³/mol. The second-order valence-corrected chi connectivity index (χ2v) is 4.76. The number of hydrogen-bond acceptors (Lipinski definition) is 4. The Hall–Kier alpha value is -0.380. The first-order chi connectivity index (χ1) is 7.27. The molecular weight excluding hydrogens is 251 g/mol. The number of sulfonamides is 1. The molecule has 0 aromatic rings. The highest BCUT2D eigenvalue weighted by atomic mass is 32.2. The minimum Gasteiger partial charge on any atom is -0.383 e. The molecule has 0 saturated heterocycles. The Balaban J connectivity index is 4.73. The molecule has 0 atom stereocenters. The average Bonchev–Trinajstić information content (AvgIpc) is 2.16. The Kier molecular flexibility index (Phi) is 6.23. The van der Waals surface area contributed by atoms with Gasteiger partial charge in [-0.05, 0) is 0 Å². The van der Waals surface area contributed by atoms with Crippen molar-refractivity contribution in [1.82, 2.24) is 4.31 Å². The second kappa shape index (κ2) is 6.38. The zero-order chi connectivity index (χ0) is 12.8. The number of ether oxygens (including phenoxy) is 2. The number of nitrogens with zero attached hydrogens (tertiary/aromatic N) is 1. The molecule has 0 radical (unpaired) electrons. The molecule has 0 unspecified atom stereocenters. The lowest BCUT2D eigenvalue weighted by Gasteiger charge is -2.22. The zero-order valence-corrected chi connectivity index (χ0v) is 9.77. The maximum absolute atomic E-state index is 12.2. The minimum absolute atomic E-state index is 0.112. The van der Waals surface area contributed by atoms with E-state index >= 15 is 0 Å². The highest BCUT2D eigenvalue weighted by molar-refractivity contribution is 7.90. The first-order valence-corrected chi connectivity index (χ1v) is 5.75. The molecule has 0 aromatic carbocycles. The molecule has 0 rings (SSSR count). The normalized spacial score (nSPS) is 13.4. The molecule has 0 heterocycles. The van der Waals surface area contributed by atoms with Crippen LogP contribution in [0.3, 0.4) is 0 Å². The van der Waals surface area contributed by atoms with Gasteiger partial charge in [0.25, 0.3) is 0 Å². The van der Waals surface area contributed by atoms with Gasteiger partial charge < -0.3 is 9.47 Å². The lowest BCUT2D eigenvalue weighted by atomic mass is 10.6. The highest BCUT2D eigenvalue weighted by Gasteiger charge is 2.49. The van der Waals surface area contributed by atoms with Gasteiger partial charge in [-0.1, -0.05) is 0 Å². The van der Waals surface area contributed by atoms with Gasteiger partial charge in [0.15, 0.2) is 0 Å². The van der Waals surface area contributed by atoms with Gasteiger partial charge in [-0.2, -0.15) is 17.5 Å². The Morgan fingerprint density at radius 2 is 1.44 bits per heavy atom. The van der Waals surface area contributed by atoms with E-state index in [2.05, 4.69) is 9.47 Å². The summed E-state index contributed by atoms with van der Waals surface area (Å²) in [7, 11) is -2.76. The van der Waals surface area contributed by atoms with Crippen LogP contribution in [0.15, 0.2) is 0 Å². The van der Waals surface area contributed by atoms with Gasteiger partial charge in [0, 0.05) is 27.3 Å². The van der Waals surface area contributed by atoms with Crippen molar-refractivity contribution in [2.75, 3.05) is 40.5 Å². The molecule has 5 nitrogen and oxygen atoms in total. The third-order valence-electron chi connectivity index (χ3n) is 1.72. The van der Waals surface area contributed by atoms with Crippen LogP contribution in [0.5, 0.6) is 0 Å². The van der Waals surface area contributed by atoms with E-state index in [0.717, 1.165) is 0 Å². The van der Waals surface area contributed by atoms with E-state index in [1.165, 1.54) is 14.2 Å². The summed E-state index contributed by atoms with van der Waals surface area (Å²) in [5, 5.41) is 0. The van der Waals surface area contributed by atoms with Crippen molar-refractivity contribution in [2.45, 2.75) is 5.51 Å². The quantitative estimate of drug-likeness (QED) is 0.670. The summed E-state index contributed by atoms with van der Waals surface area (Å²) in [5.41, 5.74) is -5.30. The van der Waals surface area contributed by atoms with Crippen LogP contribution in [0.2, 0.25) is 0 Å². The van der Waals surface area contributed by atoms with Crippen molar-refractivity contribution in [3.8, 4) is 0 Å². The smallest absolute Gasteiger partial charge is 0.383 e. The molecule has 0 aliphatic rings. The number of rotatable bonds is 7. The van der Waals surface area contributed by atoms with Crippen molar-refractivity contribution < 1.29 is 31.1 Å². The lowest BCUT2D eigenvalue weighted by Crippen LogP contribution is -2.43. The number of halogens is 3. The van der Waals surface area contributed by atoms with Crippen molar-refractivity contribution in [1.29, 1.82) is 0 Å². The van der Waals surface area contributed by atoms with E-state index < -0.39 is 15.5 Å². The first-order valence-electron chi connectivity index (χ1n) is 4.31. The van der Waals surface area contributed by atoms with Crippen LogP contribution in [-0.2, 0) is 19.5 Å². The van der Waals surface area contributed by atoms with Gasteiger partial charge in [-0.3, -0.25) is 0 Å². The largest absolute Gasteiger partial charge is 0.511 e. The first kappa shape index (κ1) is 15.6. The fraction of sp³-hybridized carbons (Fsp3) is 1.00. The summed E-state index contributed by atoms with van der Waals surface area (Å²) in [6, 6.07) is 0. The van der Waals surface area contributed by atoms with E-state index in [4.69, 9.17) is 0 Å². The summed E-state index contributed by atoms with van der Waals surface area (Å²) < 4.78 is 68.2. The van der Waals surface area contributed by atoms with Crippen LogP contribution in [-0.4, -0.2) is 58.8 Å². The van der Waals surface area contributed by atoms with Crippen LogP contribution < -0.4 is 0 Å². The van der Waals surface area contributed by atoms with Crippen molar-refractivity contribution in [3.63, 3.8) is 0 Å². The predicted octanol–water partition coefficient (Wildman–Crippen LogP) is 0.431. The van der Waals surface area contributed by atoms with Crippen LogP contribution in [0.4, 0.5) is 13.2 Å². The summed E-state index contributed by atoms with van der Waals surface area (Å²) in [4.78, 5) is 0. The number of methoxy groups -OCH3 is 2. The van der Waals surface area contributed by atoms with Crippen molar-refractivity contribution >= 4 is 10.0 Å². The summed E-state index contributed by atoms with van der Waals surface area (Å²) in [6.45, 7) is -0.943. The topological polar surface area (TPSA) is 55.8 Å². The van der Waals surface area contributed by atoms with Crippen LogP contribution in [0.25, 0.3) is 0 Å². The van der Waals surface area contributed by atoms with Crippen LogP contribution in [0.1, 0.15) is 0 Å². The van der Waals surface area contributed by atoms with Gasteiger partial charge >= 0.3 is 15.5 Å². The average molecular weight is 265 g/mol. The molecule has 0 aromatic heterocycles. The van der Waals surface area contributed by atoms with Gasteiger partial charge in [0.05, 0.1) is 13.2 Å². The Morgan fingerprint density at radius 3 is 1.69 bits per heavy atom. The molecule has 0 aliphatic carbocycles. The van der Waals surface area contributed by atoms with Gasteiger partial charge in [0.2, 0.25) is 0 Å². The molecule has 0 N–H and O–H groups in total. The molecule has 0 bridgehead atoms. The van der Waals surface area contributed by atoms with E-state index in [-0.39, 0.29) is 26.3 Å². The highest BCUT2D eigenvalue weighted by Crippen LogP contribution is 2.26. The molecular formula is C7H14F3NO4S. The van der Waals surface area contributed by atoms with Crippen LogP contribution in [0, 0.1) is 0 Å². The fourth-order valence-corrected chi connectivity index (χ4v) is 1.81. The molecule has 0 aliphatic heterocycles. The summed E-state index contributed by atoms with van der Waals surface area (Å²) in [6.07, 6.45) is 0. The lowest BCUT2D eigenvalue weighted by molar-refractivity contribution is -0.0497. The maximum atomic E-state index is 12.2. The minimum atomic E-state index is -5.31. The van der Waals surface area contributed by atoms with Crippen molar-refractivity contribution in [3.05, 3.63) is 0 Å². The van der Waals surface area contributed by atoms with E-state index in [1.807, 2.05) is 0 Å². The third-order valence-corrected chi connectivity index (χ3v) is 3.35. The molecule has 0 amide bonds. The zero-order valence-electron chi connectivity index (χ0n) is 8.95. The van der Waals surface area contributed by atoms with Gasteiger partial charge in [-0.15, -0.1) is 0 Å². The molecule has 16 heavy (non-hydrogen) atoms. The Bertz CT molecular complexity index is 282. The van der Waals surface area contributed by atoms with E-state index in [0.29, 0.717) is 4.31 Å². The van der Waals surface area contributed by atoms with Crippen molar-refractivity contribution in [2.24, 2.45) is 0 Å². The Labute approximate surface area is 92.2 Å². The molecule has 0 spiro atoms. The van der Waals surface area contributed by atoms with E-state index in [9.17, 15) is 21.6 Å². The summed E-state index contributed by atoms with van der Waals surface area (Å²) in [5.74, 6) is 0. The second-order valence-electron chi connectivity index (χ2n) is 2.84. The fourth-order valence-electron chi connectivity index (χ4n) is 0.885. The molecule has 0 fully saturated rings. The Morgan fingerprint density at radius 1 is 1.06 bits per heavy atom. The van der Waals surface area contributed by atoms with Gasteiger partial charge in [-0.25, -0.2) is 8.42 Å². The number of hydrogen-bond donors (Lipinski definition) is 0. The molecule has 98 valence electrons. The van der Waals surface area contributed by atoms with Crippen LogP contribution >= 0.6 is 0 Å². The maximum Gasteiger partial charge on any atom is 0.511 e. The SMILES string of the molecule is COCCN(CCOC)S(=O)(=O)C(F)(F)F. The number of alkyl halides is 3. The van der Waals surface area contributed by atoms with Gasteiger partial charge in [0.1, 0.15) is 0 Å². The molecule has 9 heteroatoms. The third kappa shape index (κ3) is 4.24. The standard InChI is InChI=1S/C7H14F3NO4S/c1-14-5-3-11(4-6-15-2)16(12,13)7(8,9)10/h3-6H2,1-2H3.